The fourth-order valence-electron chi connectivity index (χ4n) is 3.47. The average molecular weight is 369 g/mol. The molecule has 132 valence electrons. The van der Waals surface area contributed by atoms with Crippen molar-refractivity contribution < 1.29 is 12.9 Å². The molecule has 2 aromatic rings. The third-order valence-corrected chi connectivity index (χ3v) is 7.43. The van der Waals surface area contributed by atoms with E-state index >= 15 is 0 Å². The maximum absolute atomic E-state index is 13.1. The lowest BCUT2D eigenvalue weighted by molar-refractivity contribution is 0.425. The van der Waals surface area contributed by atoms with Crippen LogP contribution in [0, 0.1) is 13.8 Å². The van der Waals surface area contributed by atoms with Crippen LogP contribution >= 0.6 is 11.3 Å². The molecule has 2 heterocycles. The van der Waals surface area contributed by atoms with Crippen molar-refractivity contribution in [2.45, 2.75) is 69.7 Å². The summed E-state index contributed by atoms with van der Waals surface area (Å²) in [5.74, 6) is 0.509. The first-order valence-electron chi connectivity index (χ1n) is 8.52. The lowest BCUT2D eigenvalue weighted by Crippen LogP contribution is -2.35. The zero-order valence-corrected chi connectivity index (χ0v) is 15.8. The summed E-state index contributed by atoms with van der Waals surface area (Å²) in [6.07, 6.45) is 9.19. The summed E-state index contributed by atoms with van der Waals surface area (Å²) < 4.78 is 34.4. The Morgan fingerprint density at radius 3 is 2.42 bits per heavy atom. The summed E-state index contributed by atoms with van der Waals surface area (Å²) in [6, 6.07) is 1.74. The summed E-state index contributed by atoms with van der Waals surface area (Å²) in [6.45, 7) is 3.77. The highest BCUT2D eigenvalue weighted by Gasteiger charge is 2.29. The molecule has 1 saturated carbocycles. The van der Waals surface area contributed by atoms with Gasteiger partial charge in [-0.2, -0.15) is 0 Å². The number of nitrogens with zero attached hydrogens (tertiary/aromatic N) is 1. The van der Waals surface area contributed by atoms with Gasteiger partial charge in [0.2, 0.25) is 10.0 Å². The highest BCUT2D eigenvalue weighted by molar-refractivity contribution is 7.89. The van der Waals surface area contributed by atoms with Crippen LogP contribution in [0.1, 0.15) is 54.7 Å². The van der Waals surface area contributed by atoms with Crippen LogP contribution in [-0.4, -0.2) is 19.6 Å². The second-order valence-corrected chi connectivity index (χ2v) is 9.54. The van der Waals surface area contributed by atoms with Crippen molar-refractivity contribution in [1.29, 1.82) is 0 Å². The molecule has 0 bridgehead atoms. The number of aryl methyl sites for hydroxylation is 2. The van der Waals surface area contributed by atoms with Crippen LogP contribution in [0.15, 0.2) is 21.7 Å². The van der Waals surface area contributed by atoms with Gasteiger partial charge in [-0.05, 0) is 26.7 Å². The number of hydrogen-bond acceptors (Lipinski definition) is 5. The van der Waals surface area contributed by atoms with E-state index in [9.17, 15) is 8.42 Å². The van der Waals surface area contributed by atoms with Gasteiger partial charge in [0.1, 0.15) is 4.90 Å². The molecule has 3 rings (SSSR count). The molecule has 5 nitrogen and oxygen atoms in total. The van der Waals surface area contributed by atoms with Gasteiger partial charge in [-0.1, -0.05) is 37.3 Å². The minimum absolute atomic E-state index is 0.0254. The zero-order valence-electron chi connectivity index (χ0n) is 14.2. The molecule has 0 atom stereocenters. The van der Waals surface area contributed by atoms with Crippen molar-refractivity contribution in [3.05, 3.63) is 22.0 Å². The Balaban J connectivity index is 1.92. The first-order chi connectivity index (χ1) is 11.5. The number of hydrogen-bond donors (Lipinski definition) is 1. The molecule has 0 aliphatic heterocycles. The molecule has 24 heavy (non-hydrogen) atoms. The summed E-state index contributed by atoms with van der Waals surface area (Å²) in [5, 5.41) is 3.72. The van der Waals surface area contributed by atoms with Gasteiger partial charge in [0.05, 0.1) is 11.8 Å². The molecule has 0 spiro atoms. The first kappa shape index (κ1) is 17.6. The molecule has 0 aromatic carbocycles. The van der Waals surface area contributed by atoms with Gasteiger partial charge in [-0.3, -0.25) is 0 Å². The van der Waals surface area contributed by atoms with Crippen LogP contribution in [0.2, 0.25) is 0 Å². The SMILES string of the molecule is Cc1sc(C)c(S(=O)(=O)NC2CCCCCCC2)c1-c1ccno1. The first-order valence-corrected chi connectivity index (χ1v) is 10.8. The number of sulfonamides is 1. The Bertz CT molecular complexity index is 771. The van der Waals surface area contributed by atoms with E-state index in [0.717, 1.165) is 35.4 Å². The molecule has 1 aliphatic carbocycles. The summed E-state index contributed by atoms with van der Waals surface area (Å²) in [5.41, 5.74) is 0.647. The topological polar surface area (TPSA) is 72.2 Å². The summed E-state index contributed by atoms with van der Waals surface area (Å²) >= 11 is 1.48. The lowest BCUT2D eigenvalue weighted by atomic mass is 9.97. The summed E-state index contributed by atoms with van der Waals surface area (Å²) in [7, 11) is -3.58. The number of rotatable bonds is 4. The minimum Gasteiger partial charge on any atom is -0.356 e. The van der Waals surface area contributed by atoms with Gasteiger partial charge < -0.3 is 4.52 Å². The lowest BCUT2D eigenvalue weighted by Gasteiger charge is -2.21. The number of nitrogens with one attached hydrogen (secondary N) is 1. The third-order valence-electron chi connectivity index (χ3n) is 4.59. The van der Waals surface area contributed by atoms with Crippen LogP contribution in [0.25, 0.3) is 11.3 Å². The predicted molar refractivity (Wildman–Crippen MR) is 95.7 cm³/mol. The van der Waals surface area contributed by atoms with Crippen molar-refractivity contribution in [2.75, 3.05) is 0 Å². The minimum atomic E-state index is -3.58. The number of thiophene rings is 1. The molecule has 1 aliphatic rings. The molecular weight excluding hydrogens is 344 g/mol. The number of aromatic nitrogens is 1. The van der Waals surface area contributed by atoms with Crippen molar-refractivity contribution in [3.63, 3.8) is 0 Å². The maximum Gasteiger partial charge on any atom is 0.242 e. The molecule has 0 amide bonds. The molecule has 0 radical (unpaired) electrons. The van der Waals surface area contributed by atoms with Crippen LogP contribution < -0.4 is 4.72 Å². The second-order valence-electron chi connectivity index (χ2n) is 6.46. The van der Waals surface area contributed by atoms with Gasteiger partial charge in [0.25, 0.3) is 0 Å². The van der Waals surface area contributed by atoms with E-state index in [0.29, 0.717) is 16.2 Å². The van der Waals surface area contributed by atoms with Crippen molar-refractivity contribution in [1.82, 2.24) is 9.88 Å². The van der Waals surface area contributed by atoms with E-state index < -0.39 is 10.0 Å². The van der Waals surface area contributed by atoms with E-state index in [1.165, 1.54) is 30.6 Å². The monoisotopic (exact) mass is 368 g/mol. The van der Waals surface area contributed by atoms with Gasteiger partial charge in [-0.25, -0.2) is 13.1 Å². The summed E-state index contributed by atoms with van der Waals surface area (Å²) in [4.78, 5) is 2.07. The molecule has 0 saturated heterocycles. The fourth-order valence-corrected chi connectivity index (χ4v) is 6.64. The van der Waals surface area contributed by atoms with Crippen molar-refractivity contribution in [3.8, 4) is 11.3 Å². The molecular formula is C17H24N2O3S2. The van der Waals surface area contributed by atoms with E-state index in [-0.39, 0.29) is 6.04 Å². The van der Waals surface area contributed by atoms with Crippen LogP contribution in [0.5, 0.6) is 0 Å². The van der Waals surface area contributed by atoms with Crippen molar-refractivity contribution >= 4 is 21.4 Å². The predicted octanol–water partition coefficient (Wildman–Crippen LogP) is 4.41. The fraction of sp³-hybridized carbons (Fsp3) is 0.588. The molecule has 1 fully saturated rings. The van der Waals surface area contributed by atoms with Gasteiger partial charge >= 0.3 is 0 Å². The Labute approximate surface area is 147 Å². The normalized spacial score (nSPS) is 17.6. The van der Waals surface area contributed by atoms with E-state index in [2.05, 4.69) is 9.88 Å². The Hall–Kier alpha value is -1.18. The second kappa shape index (κ2) is 7.37. The smallest absolute Gasteiger partial charge is 0.242 e. The largest absolute Gasteiger partial charge is 0.356 e. The highest BCUT2D eigenvalue weighted by Crippen LogP contribution is 2.39. The molecule has 7 heteroatoms. The van der Waals surface area contributed by atoms with Crippen LogP contribution in [0.3, 0.4) is 0 Å². The Morgan fingerprint density at radius 1 is 1.12 bits per heavy atom. The van der Waals surface area contributed by atoms with E-state index in [4.69, 9.17) is 4.52 Å². The standard InChI is InChI=1S/C17H24N2O3S2/c1-12-16(15-10-11-18-22-15)17(13(2)23-12)24(20,21)19-14-8-6-4-3-5-7-9-14/h10-11,14,19H,3-9H2,1-2H3. The Kier molecular flexibility index (Phi) is 5.42. The molecule has 2 aromatic heterocycles. The van der Waals surface area contributed by atoms with Crippen LogP contribution in [0.4, 0.5) is 0 Å². The quantitative estimate of drug-likeness (QED) is 0.867. The van der Waals surface area contributed by atoms with Gasteiger partial charge in [0, 0.05) is 21.9 Å². The van der Waals surface area contributed by atoms with E-state index in [1.807, 2.05) is 13.8 Å². The Morgan fingerprint density at radius 2 is 1.79 bits per heavy atom. The van der Waals surface area contributed by atoms with Crippen LogP contribution in [-0.2, 0) is 10.0 Å². The van der Waals surface area contributed by atoms with Gasteiger partial charge in [0.15, 0.2) is 5.76 Å². The van der Waals surface area contributed by atoms with Crippen molar-refractivity contribution in [2.24, 2.45) is 0 Å². The highest BCUT2D eigenvalue weighted by atomic mass is 32.2. The molecule has 0 unspecified atom stereocenters. The zero-order chi connectivity index (χ0) is 17.2. The van der Waals surface area contributed by atoms with E-state index in [1.54, 1.807) is 12.3 Å². The third kappa shape index (κ3) is 3.73. The molecule has 1 N–H and O–H groups in total. The average Bonchev–Trinajstić information content (AvgIpc) is 3.09. The van der Waals surface area contributed by atoms with Gasteiger partial charge in [-0.15, -0.1) is 11.3 Å². The maximum atomic E-state index is 13.1.